The van der Waals surface area contributed by atoms with Crippen LogP contribution < -0.4 is 5.32 Å². The summed E-state index contributed by atoms with van der Waals surface area (Å²) >= 11 is 0. The van der Waals surface area contributed by atoms with Gasteiger partial charge in [0.15, 0.2) is 0 Å². The molecule has 4 heteroatoms. The minimum absolute atomic E-state index is 0.0479. The van der Waals surface area contributed by atoms with Gasteiger partial charge in [0.25, 0.3) is 0 Å². The first-order valence-corrected chi connectivity index (χ1v) is 4.55. The number of nitrogens with zero attached hydrogens (tertiary/aromatic N) is 1. The van der Waals surface area contributed by atoms with Gasteiger partial charge in [-0.25, -0.2) is 0 Å². The Morgan fingerprint density at radius 3 is 2.79 bits per heavy atom. The molecule has 1 aromatic rings. The summed E-state index contributed by atoms with van der Waals surface area (Å²) in [5.74, 6) is 0.738. The van der Waals surface area contributed by atoms with Gasteiger partial charge in [-0.1, -0.05) is 0 Å². The van der Waals surface area contributed by atoms with E-state index >= 15 is 0 Å². The number of rotatable bonds is 4. The number of nitrogens with one attached hydrogen (secondary N) is 1. The molecule has 14 heavy (non-hydrogen) atoms. The Morgan fingerprint density at radius 2 is 2.36 bits per heavy atom. The maximum atomic E-state index is 11.0. The average molecular weight is 196 g/mol. The van der Waals surface area contributed by atoms with Crippen LogP contribution >= 0.6 is 0 Å². The molecule has 0 aliphatic rings. The number of carbonyl (C=O) groups excluding carboxylic acids is 1. The zero-order valence-corrected chi connectivity index (χ0v) is 8.78. The molecule has 1 rings (SSSR count). The highest BCUT2D eigenvalue weighted by Crippen LogP contribution is 2.13. The number of hydrogen-bond acceptors (Lipinski definition) is 3. The third kappa shape index (κ3) is 3.22. The topological polar surface area (TPSA) is 45.5 Å². The van der Waals surface area contributed by atoms with Crippen LogP contribution in [-0.4, -0.2) is 31.4 Å². The standard InChI is InChI=1S/C10H16N2O2/c1-8(13)11-9(7-12(2)3)10-5-4-6-14-10/h4-6,9H,7H2,1-3H3,(H,11,13). The van der Waals surface area contributed by atoms with Crippen LogP contribution in [0, 0.1) is 0 Å². The Hall–Kier alpha value is -1.29. The smallest absolute Gasteiger partial charge is 0.217 e. The molecule has 1 unspecified atom stereocenters. The van der Waals surface area contributed by atoms with Crippen LogP contribution in [0.5, 0.6) is 0 Å². The maximum Gasteiger partial charge on any atom is 0.217 e. The molecule has 0 aromatic carbocycles. The predicted molar refractivity (Wildman–Crippen MR) is 53.8 cm³/mol. The van der Waals surface area contributed by atoms with Gasteiger partial charge < -0.3 is 14.6 Å². The van der Waals surface area contributed by atoms with Crippen LogP contribution in [0.15, 0.2) is 22.8 Å². The summed E-state index contributed by atoms with van der Waals surface area (Å²) in [7, 11) is 3.91. The summed E-state index contributed by atoms with van der Waals surface area (Å²) < 4.78 is 5.26. The molecule has 1 heterocycles. The Labute approximate surface area is 83.9 Å². The molecule has 0 radical (unpaired) electrons. The molecule has 78 valence electrons. The summed E-state index contributed by atoms with van der Waals surface area (Å²) in [6.45, 7) is 2.23. The third-order valence-electron chi connectivity index (χ3n) is 1.81. The van der Waals surface area contributed by atoms with E-state index in [1.165, 1.54) is 6.92 Å². The van der Waals surface area contributed by atoms with Gasteiger partial charge in [-0.05, 0) is 26.2 Å². The van der Waals surface area contributed by atoms with Gasteiger partial charge >= 0.3 is 0 Å². The number of likely N-dealkylation sites (N-methyl/N-ethyl adjacent to an activating group) is 1. The fourth-order valence-electron chi connectivity index (χ4n) is 1.31. The Morgan fingerprint density at radius 1 is 1.64 bits per heavy atom. The van der Waals surface area contributed by atoms with Crippen molar-refractivity contribution >= 4 is 5.91 Å². The predicted octanol–water partition coefficient (Wildman–Crippen LogP) is 1.02. The molecule has 0 bridgehead atoms. The van der Waals surface area contributed by atoms with Crippen LogP contribution in [0.1, 0.15) is 18.7 Å². The molecular weight excluding hydrogens is 180 g/mol. The van der Waals surface area contributed by atoms with Gasteiger partial charge in [-0.3, -0.25) is 4.79 Å². The van der Waals surface area contributed by atoms with Crippen LogP contribution in [0.3, 0.4) is 0 Å². The van der Waals surface area contributed by atoms with Crippen molar-refractivity contribution in [2.24, 2.45) is 0 Å². The normalized spacial score (nSPS) is 12.9. The molecule has 0 aliphatic carbocycles. The minimum atomic E-state index is -0.0718. The van der Waals surface area contributed by atoms with Crippen molar-refractivity contribution < 1.29 is 9.21 Å². The van der Waals surface area contributed by atoms with Gasteiger partial charge in [0.05, 0.1) is 12.3 Å². The van der Waals surface area contributed by atoms with Crippen molar-refractivity contribution in [1.82, 2.24) is 10.2 Å². The fraction of sp³-hybridized carbons (Fsp3) is 0.500. The number of amides is 1. The zero-order valence-electron chi connectivity index (χ0n) is 8.78. The van der Waals surface area contributed by atoms with Crippen molar-refractivity contribution in [3.05, 3.63) is 24.2 Å². The van der Waals surface area contributed by atoms with Gasteiger partial charge in [-0.15, -0.1) is 0 Å². The van der Waals surface area contributed by atoms with E-state index < -0.39 is 0 Å². The first kappa shape index (κ1) is 10.8. The van der Waals surface area contributed by atoms with Crippen molar-refractivity contribution in [3.8, 4) is 0 Å². The van der Waals surface area contributed by atoms with E-state index in [2.05, 4.69) is 5.32 Å². The molecule has 1 N–H and O–H groups in total. The highest BCUT2D eigenvalue weighted by molar-refractivity contribution is 5.73. The van der Waals surface area contributed by atoms with Gasteiger partial charge in [-0.2, -0.15) is 0 Å². The number of carbonyl (C=O) groups is 1. The van der Waals surface area contributed by atoms with E-state index in [9.17, 15) is 4.79 Å². The van der Waals surface area contributed by atoms with Crippen LogP contribution in [-0.2, 0) is 4.79 Å². The first-order valence-electron chi connectivity index (χ1n) is 4.55. The number of hydrogen-bond donors (Lipinski definition) is 1. The minimum Gasteiger partial charge on any atom is -0.467 e. The monoisotopic (exact) mass is 196 g/mol. The van der Waals surface area contributed by atoms with Crippen LogP contribution in [0.2, 0.25) is 0 Å². The largest absolute Gasteiger partial charge is 0.467 e. The van der Waals surface area contributed by atoms with Crippen molar-refractivity contribution in [3.63, 3.8) is 0 Å². The zero-order chi connectivity index (χ0) is 10.6. The second kappa shape index (κ2) is 4.81. The van der Waals surface area contributed by atoms with Crippen molar-refractivity contribution in [2.45, 2.75) is 13.0 Å². The summed E-state index contributed by atoms with van der Waals surface area (Å²) in [4.78, 5) is 13.0. The van der Waals surface area contributed by atoms with E-state index in [1.807, 2.05) is 31.1 Å². The molecule has 4 nitrogen and oxygen atoms in total. The molecule has 0 aliphatic heterocycles. The lowest BCUT2D eigenvalue weighted by atomic mass is 10.2. The summed E-state index contributed by atoms with van der Waals surface area (Å²) in [6, 6.07) is 3.61. The Balaban J connectivity index is 2.67. The quantitative estimate of drug-likeness (QED) is 0.782. The Bertz CT molecular complexity index is 280. The molecule has 1 atom stereocenters. The maximum absolute atomic E-state index is 11.0. The van der Waals surface area contributed by atoms with E-state index in [-0.39, 0.29) is 11.9 Å². The average Bonchev–Trinajstić information content (AvgIpc) is 2.52. The second-order valence-electron chi connectivity index (χ2n) is 3.53. The van der Waals surface area contributed by atoms with E-state index in [0.717, 1.165) is 12.3 Å². The van der Waals surface area contributed by atoms with E-state index in [1.54, 1.807) is 6.26 Å². The van der Waals surface area contributed by atoms with Gasteiger partial charge in [0, 0.05) is 13.5 Å². The van der Waals surface area contributed by atoms with E-state index in [0.29, 0.717) is 0 Å². The van der Waals surface area contributed by atoms with Crippen LogP contribution in [0.4, 0.5) is 0 Å². The van der Waals surface area contributed by atoms with E-state index in [4.69, 9.17) is 4.42 Å². The molecular formula is C10H16N2O2. The number of furan rings is 1. The summed E-state index contributed by atoms with van der Waals surface area (Å²) in [5.41, 5.74) is 0. The van der Waals surface area contributed by atoms with Gasteiger partial charge in [0.2, 0.25) is 5.91 Å². The molecule has 0 fully saturated rings. The SMILES string of the molecule is CC(=O)NC(CN(C)C)c1ccco1. The highest BCUT2D eigenvalue weighted by Gasteiger charge is 2.15. The van der Waals surface area contributed by atoms with Crippen molar-refractivity contribution in [1.29, 1.82) is 0 Å². The Kier molecular flexibility index (Phi) is 3.71. The first-order chi connectivity index (χ1) is 6.59. The lowest BCUT2D eigenvalue weighted by molar-refractivity contribution is -0.119. The summed E-state index contributed by atoms with van der Waals surface area (Å²) in [5, 5.41) is 2.84. The third-order valence-corrected chi connectivity index (χ3v) is 1.81. The van der Waals surface area contributed by atoms with Gasteiger partial charge in [0.1, 0.15) is 5.76 Å². The summed E-state index contributed by atoms with van der Waals surface area (Å²) in [6.07, 6.45) is 1.61. The molecule has 1 amide bonds. The molecule has 1 aromatic heterocycles. The lowest BCUT2D eigenvalue weighted by Crippen LogP contribution is -2.33. The second-order valence-corrected chi connectivity index (χ2v) is 3.53. The fourth-order valence-corrected chi connectivity index (χ4v) is 1.31. The molecule has 0 saturated heterocycles. The molecule has 0 spiro atoms. The lowest BCUT2D eigenvalue weighted by Gasteiger charge is -2.19. The van der Waals surface area contributed by atoms with Crippen molar-refractivity contribution in [2.75, 3.05) is 20.6 Å². The molecule has 0 saturated carbocycles. The van der Waals surface area contributed by atoms with Crippen LogP contribution in [0.25, 0.3) is 0 Å². The highest BCUT2D eigenvalue weighted by atomic mass is 16.3.